The maximum absolute atomic E-state index is 11.2. The van der Waals surface area contributed by atoms with Crippen LogP contribution in [-0.4, -0.2) is 10.5 Å². The smallest absolute Gasteiger partial charge is 0.254 e. The zero-order chi connectivity index (χ0) is 11.3. The van der Waals surface area contributed by atoms with E-state index < -0.39 is 5.91 Å². The molecule has 0 spiro atoms. The van der Waals surface area contributed by atoms with Crippen molar-refractivity contribution in [2.24, 2.45) is 5.73 Å². The van der Waals surface area contributed by atoms with E-state index in [4.69, 9.17) is 5.73 Å². The lowest BCUT2D eigenvalue weighted by Gasteiger charge is -2.06. The lowest BCUT2D eigenvalue weighted by molar-refractivity contribution is 0.0998. The Morgan fingerprint density at radius 3 is 2.80 bits per heavy atom. The number of carbonyl (C=O) groups is 1. The highest BCUT2D eigenvalue weighted by atomic mass is 16.2. The number of amides is 1. The first kappa shape index (κ1) is 11.5. The molecule has 0 saturated carbocycles. The molecule has 4 nitrogen and oxygen atoms in total. The summed E-state index contributed by atoms with van der Waals surface area (Å²) in [7, 11) is 0. The molecule has 0 aliphatic carbocycles. The quantitative estimate of drug-likeness (QED) is 0.737. The molecule has 0 bridgehead atoms. The average molecular weight is 208 g/mol. The number of primary amides is 1. The third-order valence-corrected chi connectivity index (χ3v) is 2.26. The van der Waals surface area contributed by atoms with Crippen LogP contribution >= 0.6 is 0 Å². The Labute approximate surface area is 88.7 Å². The Hall–Kier alpha value is -1.58. The number of pyridine rings is 1. The van der Waals surface area contributed by atoms with E-state index in [-0.39, 0.29) is 11.0 Å². The second-order valence-electron chi connectivity index (χ2n) is 3.53. The zero-order valence-electron chi connectivity index (χ0n) is 8.90. The Kier molecular flexibility index (Phi) is 4.09. The molecule has 0 radical (unpaired) electrons. The molecule has 2 N–H and O–H groups in total. The molecule has 0 fully saturated rings. The Bertz CT molecular complexity index is 396. The van der Waals surface area contributed by atoms with Crippen LogP contribution in [-0.2, 0) is 6.54 Å². The van der Waals surface area contributed by atoms with E-state index in [0.717, 1.165) is 25.8 Å². The molecule has 0 saturated heterocycles. The van der Waals surface area contributed by atoms with Crippen LogP contribution in [0.15, 0.2) is 23.3 Å². The molecule has 15 heavy (non-hydrogen) atoms. The summed E-state index contributed by atoms with van der Waals surface area (Å²) >= 11 is 0. The molecule has 4 heteroatoms. The first-order chi connectivity index (χ1) is 7.15. The molecule has 1 amide bonds. The van der Waals surface area contributed by atoms with Gasteiger partial charge in [-0.25, -0.2) is 0 Å². The zero-order valence-corrected chi connectivity index (χ0v) is 8.90. The van der Waals surface area contributed by atoms with Gasteiger partial charge in [0, 0.05) is 25.0 Å². The fraction of sp³-hybridized carbons (Fsp3) is 0.455. The van der Waals surface area contributed by atoms with E-state index in [1.54, 1.807) is 6.20 Å². The molecule has 0 aromatic carbocycles. The van der Waals surface area contributed by atoms with Gasteiger partial charge in [0.2, 0.25) is 0 Å². The van der Waals surface area contributed by atoms with Crippen molar-refractivity contribution >= 4 is 5.91 Å². The topological polar surface area (TPSA) is 65.1 Å². The number of unbranched alkanes of at least 4 members (excludes halogenated alkanes) is 2. The summed E-state index contributed by atoms with van der Waals surface area (Å²) in [5, 5.41) is 0. The second-order valence-corrected chi connectivity index (χ2v) is 3.53. The van der Waals surface area contributed by atoms with Crippen molar-refractivity contribution < 1.29 is 4.79 Å². The predicted molar refractivity (Wildman–Crippen MR) is 58.7 cm³/mol. The fourth-order valence-corrected chi connectivity index (χ4v) is 1.39. The van der Waals surface area contributed by atoms with Gasteiger partial charge in [0.05, 0.1) is 0 Å². The first-order valence-electron chi connectivity index (χ1n) is 5.15. The number of rotatable bonds is 5. The van der Waals surface area contributed by atoms with Crippen LogP contribution in [0.1, 0.15) is 36.5 Å². The third-order valence-electron chi connectivity index (χ3n) is 2.26. The monoisotopic (exact) mass is 208 g/mol. The highest BCUT2D eigenvalue weighted by molar-refractivity contribution is 5.92. The molecular formula is C11H16N2O2. The lowest BCUT2D eigenvalue weighted by Crippen LogP contribution is -2.22. The van der Waals surface area contributed by atoms with Crippen molar-refractivity contribution in [3.05, 3.63) is 34.2 Å². The van der Waals surface area contributed by atoms with E-state index in [2.05, 4.69) is 6.92 Å². The van der Waals surface area contributed by atoms with Crippen molar-refractivity contribution in [1.29, 1.82) is 0 Å². The highest BCUT2D eigenvalue weighted by Gasteiger charge is 2.05. The Morgan fingerprint density at radius 2 is 2.20 bits per heavy atom. The minimum atomic E-state index is -0.662. The van der Waals surface area contributed by atoms with Gasteiger partial charge in [-0.2, -0.15) is 0 Å². The summed E-state index contributed by atoms with van der Waals surface area (Å²) < 4.78 is 1.83. The summed E-state index contributed by atoms with van der Waals surface area (Å²) in [6, 6.07) is 1.38. The molecule has 82 valence electrons. The molecular weight excluding hydrogens is 192 g/mol. The van der Waals surface area contributed by atoms with Gasteiger partial charge < -0.3 is 10.3 Å². The maximum Gasteiger partial charge on any atom is 0.254 e. The number of nitrogens with zero attached hydrogens (tertiary/aromatic N) is 1. The van der Waals surface area contributed by atoms with E-state index >= 15 is 0 Å². The van der Waals surface area contributed by atoms with Gasteiger partial charge in [0.25, 0.3) is 5.91 Å². The van der Waals surface area contributed by atoms with Crippen LogP contribution in [0, 0.1) is 0 Å². The number of hydrogen-bond acceptors (Lipinski definition) is 2. The van der Waals surface area contributed by atoms with E-state index in [1.165, 1.54) is 12.3 Å². The van der Waals surface area contributed by atoms with Crippen LogP contribution in [0.25, 0.3) is 0 Å². The van der Waals surface area contributed by atoms with Gasteiger partial charge in [-0.3, -0.25) is 9.59 Å². The summed E-state index contributed by atoms with van der Waals surface area (Å²) in [5.41, 5.74) is 4.84. The van der Waals surface area contributed by atoms with Crippen LogP contribution in [0.2, 0.25) is 0 Å². The minimum absolute atomic E-state index is 0.0639. The van der Waals surface area contributed by atoms with Gasteiger partial charge >= 0.3 is 0 Å². The highest BCUT2D eigenvalue weighted by Crippen LogP contribution is 1.99. The van der Waals surface area contributed by atoms with Crippen LogP contribution in [0.5, 0.6) is 0 Å². The van der Waals surface area contributed by atoms with E-state index in [9.17, 15) is 9.59 Å². The molecule has 1 aromatic rings. The number of aryl methyl sites for hydroxylation is 1. The normalized spacial score (nSPS) is 10.2. The molecule has 0 atom stereocenters. The summed E-state index contributed by atoms with van der Waals surface area (Å²) in [5.74, 6) is -0.662. The molecule has 1 rings (SSSR count). The van der Waals surface area contributed by atoms with Crippen LogP contribution < -0.4 is 11.2 Å². The maximum atomic E-state index is 11.2. The Morgan fingerprint density at radius 1 is 1.47 bits per heavy atom. The number of carbonyl (C=O) groups excluding carboxylic acids is 1. The Balaban J connectivity index is 2.79. The fourth-order valence-electron chi connectivity index (χ4n) is 1.39. The minimum Gasteiger partial charge on any atom is -0.365 e. The van der Waals surface area contributed by atoms with Crippen molar-refractivity contribution in [2.45, 2.75) is 32.7 Å². The van der Waals surface area contributed by atoms with Crippen molar-refractivity contribution in [3.63, 3.8) is 0 Å². The van der Waals surface area contributed by atoms with Gasteiger partial charge in [-0.15, -0.1) is 0 Å². The van der Waals surface area contributed by atoms with Crippen molar-refractivity contribution in [3.8, 4) is 0 Å². The lowest BCUT2D eigenvalue weighted by atomic mass is 10.2. The largest absolute Gasteiger partial charge is 0.365 e. The first-order valence-corrected chi connectivity index (χ1v) is 5.15. The molecule has 0 aliphatic heterocycles. The standard InChI is InChI=1S/C11H16N2O2/c1-2-3-4-6-13-7-5-10(14)9(8-13)11(12)15/h5,7-8H,2-4,6H2,1H3,(H2,12,15). The van der Waals surface area contributed by atoms with Gasteiger partial charge in [0.15, 0.2) is 5.43 Å². The average Bonchev–Trinajstić information content (AvgIpc) is 2.20. The molecule has 1 heterocycles. The van der Waals surface area contributed by atoms with E-state index in [0.29, 0.717) is 0 Å². The van der Waals surface area contributed by atoms with Gasteiger partial charge in [0.1, 0.15) is 5.56 Å². The van der Waals surface area contributed by atoms with Crippen LogP contribution in [0.3, 0.4) is 0 Å². The van der Waals surface area contributed by atoms with Gasteiger partial charge in [-0.05, 0) is 6.42 Å². The molecule has 0 unspecified atom stereocenters. The number of hydrogen-bond donors (Lipinski definition) is 1. The summed E-state index contributed by atoms with van der Waals surface area (Å²) in [6.45, 7) is 2.94. The van der Waals surface area contributed by atoms with Gasteiger partial charge in [-0.1, -0.05) is 19.8 Å². The number of aromatic nitrogens is 1. The van der Waals surface area contributed by atoms with E-state index in [1.807, 2.05) is 4.57 Å². The molecule has 1 aromatic heterocycles. The predicted octanol–water partition coefficient (Wildman–Crippen LogP) is 1.14. The summed E-state index contributed by atoms with van der Waals surface area (Å²) in [4.78, 5) is 22.1. The van der Waals surface area contributed by atoms with Crippen molar-refractivity contribution in [2.75, 3.05) is 0 Å². The number of nitrogens with two attached hydrogens (primary N) is 1. The SMILES string of the molecule is CCCCCn1ccc(=O)c(C(N)=O)c1. The summed E-state index contributed by atoms with van der Waals surface area (Å²) in [6.07, 6.45) is 6.53. The molecule has 0 aliphatic rings. The second kappa shape index (κ2) is 5.34. The third kappa shape index (κ3) is 3.23. The van der Waals surface area contributed by atoms with Crippen molar-refractivity contribution in [1.82, 2.24) is 4.57 Å². The van der Waals surface area contributed by atoms with Crippen LogP contribution in [0.4, 0.5) is 0 Å².